The van der Waals surface area contributed by atoms with Gasteiger partial charge >= 0.3 is 0 Å². The van der Waals surface area contributed by atoms with E-state index in [0.717, 1.165) is 25.0 Å². The summed E-state index contributed by atoms with van der Waals surface area (Å²) < 4.78 is 1.91. The molecule has 0 saturated heterocycles. The Balaban J connectivity index is 2.16. The molecule has 0 atom stereocenters. The fraction of sp³-hybridized carbons (Fsp3) is 0.308. The van der Waals surface area contributed by atoms with Crippen LogP contribution in [0.3, 0.4) is 0 Å². The van der Waals surface area contributed by atoms with Gasteiger partial charge in [-0.25, -0.2) is 9.97 Å². The third-order valence-corrected chi connectivity index (χ3v) is 3.62. The number of hydrogen-bond acceptors (Lipinski definition) is 3. The average molecular weight is 259 g/mol. The Morgan fingerprint density at radius 2 is 2.11 bits per heavy atom. The number of imidazole rings is 1. The minimum Gasteiger partial charge on any atom is -0.286 e. The Morgan fingerprint density at radius 3 is 2.94 bits per heavy atom. The van der Waals surface area contributed by atoms with E-state index in [2.05, 4.69) is 16.0 Å². The van der Waals surface area contributed by atoms with Crippen molar-refractivity contribution < 1.29 is 0 Å². The maximum absolute atomic E-state index is 8.99. The SMILES string of the molecule is N#Cc1ccnc(-n2cnc3c2CCCC3)c1Cl. The van der Waals surface area contributed by atoms with Gasteiger partial charge in [-0.2, -0.15) is 5.26 Å². The molecule has 1 aliphatic rings. The van der Waals surface area contributed by atoms with E-state index in [4.69, 9.17) is 16.9 Å². The highest BCUT2D eigenvalue weighted by molar-refractivity contribution is 6.33. The van der Waals surface area contributed by atoms with Gasteiger partial charge in [-0.05, 0) is 31.7 Å². The van der Waals surface area contributed by atoms with Crippen molar-refractivity contribution in [3.05, 3.63) is 40.6 Å². The maximum atomic E-state index is 8.99. The lowest BCUT2D eigenvalue weighted by molar-refractivity contribution is 0.654. The van der Waals surface area contributed by atoms with E-state index in [9.17, 15) is 0 Å². The molecule has 18 heavy (non-hydrogen) atoms. The first-order valence-corrected chi connectivity index (χ1v) is 6.29. The molecule has 0 amide bonds. The summed E-state index contributed by atoms with van der Waals surface area (Å²) in [7, 11) is 0. The second kappa shape index (κ2) is 4.43. The Bertz CT molecular complexity index is 639. The van der Waals surface area contributed by atoms with Gasteiger partial charge in [-0.15, -0.1) is 0 Å². The Morgan fingerprint density at radius 1 is 1.28 bits per heavy atom. The third-order valence-electron chi connectivity index (χ3n) is 3.25. The first-order chi connectivity index (χ1) is 8.81. The normalized spacial score (nSPS) is 14.0. The zero-order valence-electron chi connectivity index (χ0n) is 9.73. The lowest BCUT2D eigenvalue weighted by Crippen LogP contribution is -2.08. The van der Waals surface area contributed by atoms with Crippen molar-refractivity contribution in [2.45, 2.75) is 25.7 Å². The van der Waals surface area contributed by atoms with Gasteiger partial charge in [0, 0.05) is 11.9 Å². The van der Waals surface area contributed by atoms with Crippen molar-refractivity contribution in [1.82, 2.24) is 14.5 Å². The summed E-state index contributed by atoms with van der Waals surface area (Å²) in [5.41, 5.74) is 2.74. The highest BCUT2D eigenvalue weighted by Crippen LogP contribution is 2.27. The zero-order chi connectivity index (χ0) is 12.5. The van der Waals surface area contributed by atoms with Crippen LogP contribution >= 0.6 is 11.6 Å². The minimum absolute atomic E-state index is 0.394. The fourth-order valence-corrected chi connectivity index (χ4v) is 2.58. The summed E-state index contributed by atoms with van der Waals surface area (Å²) in [6.45, 7) is 0. The lowest BCUT2D eigenvalue weighted by Gasteiger charge is -2.14. The molecule has 0 radical (unpaired) electrons. The van der Waals surface area contributed by atoms with Gasteiger partial charge in [-0.3, -0.25) is 4.57 Å². The fourth-order valence-electron chi connectivity index (χ4n) is 2.34. The van der Waals surface area contributed by atoms with Gasteiger partial charge in [0.15, 0.2) is 5.82 Å². The molecule has 2 heterocycles. The van der Waals surface area contributed by atoms with Crippen molar-refractivity contribution in [3.8, 4) is 11.9 Å². The zero-order valence-corrected chi connectivity index (χ0v) is 10.5. The molecule has 4 nitrogen and oxygen atoms in total. The number of nitriles is 1. The molecule has 2 aromatic heterocycles. The number of hydrogen-bond donors (Lipinski definition) is 0. The van der Waals surface area contributed by atoms with Crippen LogP contribution in [-0.4, -0.2) is 14.5 Å². The Kier molecular flexibility index (Phi) is 2.77. The molecule has 0 fully saturated rings. The van der Waals surface area contributed by atoms with Gasteiger partial charge in [0.05, 0.1) is 11.3 Å². The predicted molar refractivity (Wildman–Crippen MR) is 67.7 cm³/mol. The molecule has 0 N–H and O–H groups in total. The molecule has 3 rings (SSSR count). The van der Waals surface area contributed by atoms with Crippen molar-refractivity contribution in [2.24, 2.45) is 0 Å². The van der Waals surface area contributed by atoms with E-state index in [1.165, 1.54) is 12.1 Å². The van der Waals surface area contributed by atoms with Gasteiger partial charge in [0.25, 0.3) is 0 Å². The predicted octanol–water partition coefficient (Wildman–Crippen LogP) is 2.67. The molecule has 90 valence electrons. The quantitative estimate of drug-likeness (QED) is 0.790. The second-order valence-corrected chi connectivity index (χ2v) is 4.70. The summed E-state index contributed by atoms with van der Waals surface area (Å²) >= 11 is 6.21. The number of nitrogens with zero attached hydrogens (tertiary/aromatic N) is 4. The van der Waals surface area contributed by atoms with Crippen molar-refractivity contribution in [2.75, 3.05) is 0 Å². The van der Waals surface area contributed by atoms with Gasteiger partial charge in [0.1, 0.15) is 17.4 Å². The van der Waals surface area contributed by atoms with Crippen LogP contribution in [0, 0.1) is 11.3 Å². The maximum Gasteiger partial charge on any atom is 0.158 e. The first kappa shape index (κ1) is 11.2. The minimum atomic E-state index is 0.394. The number of pyridine rings is 1. The van der Waals surface area contributed by atoms with Gasteiger partial charge in [-0.1, -0.05) is 11.6 Å². The van der Waals surface area contributed by atoms with E-state index in [-0.39, 0.29) is 0 Å². The van der Waals surface area contributed by atoms with E-state index in [1.807, 2.05) is 4.57 Å². The number of aryl methyl sites for hydroxylation is 1. The second-order valence-electron chi connectivity index (χ2n) is 4.32. The molecule has 0 saturated carbocycles. The van der Waals surface area contributed by atoms with Crippen LogP contribution in [0.25, 0.3) is 5.82 Å². The van der Waals surface area contributed by atoms with Gasteiger partial charge < -0.3 is 0 Å². The van der Waals surface area contributed by atoms with Crippen LogP contribution in [0.5, 0.6) is 0 Å². The van der Waals surface area contributed by atoms with E-state index in [1.54, 1.807) is 18.6 Å². The van der Waals surface area contributed by atoms with Crippen LogP contribution in [0.2, 0.25) is 5.02 Å². The van der Waals surface area contributed by atoms with Crippen LogP contribution < -0.4 is 0 Å². The Labute approximate surface area is 110 Å². The number of rotatable bonds is 1. The summed E-state index contributed by atoms with van der Waals surface area (Å²) in [5, 5.41) is 9.39. The van der Waals surface area contributed by atoms with Crippen molar-refractivity contribution >= 4 is 11.6 Å². The average Bonchev–Trinajstić information content (AvgIpc) is 2.83. The first-order valence-electron chi connectivity index (χ1n) is 5.91. The standard InChI is InChI=1S/C13H11ClN4/c14-12-9(7-15)5-6-16-13(12)18-8-17-10-3-1-2-4-11(10)18/h5-6,8H,1-4H2. The summed E-state index contributed by atoms with van der Waals surface area (Å²) in [5.74, 6) is 0.603. The molecule has 0 bridgehead atoms. The van der Waals surface area contributed by atoms with Crippen molar-refractivity contribution in [1.29, 1.82) is 5.26 Å². The largest absolute Gasteiger partial charge is 0.286 e. The van der Waals surface area contributed by atoms with E-state index >= 15 is 0 Å². The third kappa shape index (κ3) is 1.68. The topological polar surface area (TPSA) is 54.5 Å². The molecule has 0 aliphatic heterocycles. The Hall–Kier alpha value is -1.86. The molecular weight excluding hydrogens is 248 g/mol. The van der Waals surface area contributed by atoms with Crippen molar-refractivity contribution in [3.63, 3.8) is 0 Å². The molecular formula is C13H11ClN4. The van der Waals surface area contributed by atoms with Crippen LogP contribution in [-0.2, 0) is 12.8 Å². The van der Waals surface area contributed by atoms with Gasteiger partial charge in [0.2, 0.25) is 0 Å². The van der Waals surface area contributed by atoms with Crippen LogP contribution in [0.4, 0.5) is 0 Å². The number of aromatic nitrogens is 3. The van der Waals surface area contributed by atoms with Crippen LogP contribution in [0.1, 0.15) is 29.8 Å². The highest BCUT2D eigenvalue weighted by atomic mass is 35.5. The lowest BCUT2D eigenvalue weighted by atomic mass is 10.0. The smallest absolute Gasteiger partial charge is 0.158 e. The molecule has 0 unspecified atom stereocenters. The number of fused-ring (bicyclic) bond motifs is 1. The highest BCUT2D eigenvalue weighted by Gasteiger charge is 2.18. The van der Waals surface area contributed by atoms with E-state index < -0.39 is 0 Å². The molecule has 0 aromatic carbocycles. The molecule has 2 aromatic rings. The molecule has 0 spiro atoms. The van der Waals surface area contributed by atoms with Crippen LogP contribution in [0.15, 0.2) is 18.6 Å². The monoisotopic (exact) mass is 258 g/mol. The van der Waals surface area contributed by atoms with E-state index in [0.29, 0.717) is 16.4 Å². The molecule has 1 aliphatic carbocycles. The summed E-state index contributed by atoms with van der Waals surface area (Å²) in [6.07, 6.45) is 7.71. The molecule has 5 heteroatoms. The number of halogens is 1. The summed E-state index contributed by atoms with van der Waals surface area (Å²) in [4.78, 5) is 8.69. The summed E-state index contributed by atoms with van der Waals surface area (Å²) in [6, 6.07) is 3.69.